The van der Waals surface area contributed by atoms with E-state index in [0.29, 0.717) is 42.0 Å². The molecule has 156 valence electrons. The molecule has 0 bridgehead atoms. The number of phenols is 1. The summed E-state index contributed by atoms with van der Waals surface area (Å²) in [6, 6.07) is 14.2. The molecule has 8 heteroatoms. The maximum absolute atomic E-state index is 12.1. The van der Waals surface area contributed by atoms with Crippen molar-refractivity contribution in [3.63, 3.8) is 0 Å². The summed E-state index contributed by atoms with van der Waals surface area (Å²) in [5, 5.41) is 17.5. The fourth-order valence-corrected chi connectivity index (χ4v) is 3.58. The second kappa shape index (κ2) is 9.09. The van der Waals surface area contributed by atoms with Gasteiger partial charge >= 0.3 is 0 Å². The van der Waals surface area contributed by atoms with Gasteiger partial charge in [-0.25, -0.2) is 9.50 Å². The molecule has 0 spiro atoms. The van der Waals surface area contributed by atoms with Crippen LogP contribution in [0.2, 0.25) is 0 Å². The number of carbonyl (C=O) groups is 1. The van der Waals surface area contributed by atoms with Crippen LogP contribution in [0.15, 0.2) is 72.0 Å². The molecule has 0 aliphatic heterocycles. The van der Waals surface area contributed by atoms with Crippen LogP contribution in [0.25, 0.3) is 22.5 Å². The third-order valence-corrected chi connectivity index (χ3v) is 5.37. The first-order valence-corrected chi connectivity index (χ1v) is 10.5. The van der Waals surface area contributed by atoms with Gasteiger partial charge in [-0.15, -0.1) is 0 Å². The van der Waals surface area contributed by atoms with E-state index < -0.39 is 0 Å². The van der Waals surface area contributed by atoms with Crippen LogP contribution in [-0.4, -0.2) is 37.1 Å². The number of aromatic nitrogens is 4. The van der Waals surface area contributed by atoms with E-state index in [0.717, 1.165) is 15.7 Å². The summed E-state index contributed by atoms with van der Waals surface area (Å²) in [6.07, 6.45) is 4.63. The Morgan fingerprint density at radius 1 is 1.19 bits per heavy atom. The maximum Gasteiger partial charge on any atom is 0.269 e. The third kappa shape index (κ3) is 4.49. The van der Waals surface area contributed by atoms with Crippen molar-refractivity contribution in [3.8, 4) is 17.0 Å². The van der Waals surface area contributed by atoms with E-state index in [1.54, 1.807) is 47.2 Å². The Bertz CT molecular complexity index is 1250. The molecule has 0 saturated heterocycles. The molecule has 7 nitrogen and oxygen atoms in total. The lowest BCUT2D eigenvalue weighted by atomic mass is 10.0. The minimum atomic E-state index is -0.199. The summed E-state index contributed by atoms with van der Waals surface area (Å²) < 4.78 is 2.48. The summed E-state index contributed by atoms with van der Waals surface area (Å²) in [5.41, 5.74) is 3.95. The van der Waals surface area contributed by atoms with E-state index in [4.69, 9.17) is 0 Å². The van der Waals surface area contributed by atoms with E-state index in [9.17, 15) is 9.90 Å². The molecule has 0 saturated carbocycles. The number of rotatable bonds is 7. The highest BCUT2D eigenvalue weighted by atomic mass is 79.9. The lowest BCUT2D eigenvalue weighted by molar-refractivity contribution is 0.0948. The number of nitrogens with zero attached hydrogens (tertiary/aromatic N) is 4. The van der Waals surface area contributed by atoms with Crippen molar-refractivity contribution < 1.29 is 9.90 Å². The number of pyridine rings is 1. The predicted octanol–water partition coefficient (Wildman–Crippen LogP) is 4.48. The number of benzene rings is 1. The molecule has 4 rings (SSSR count). The average Bonchev–Trinajstić information content (AvgIpc) is 3.17. The zero-order valence-corrected chi connectivity index (χ0v) is 18.2. The van der Waals surface area contributed by atoms with Crippen molar-refractivity contribution in [2.75, 3.05) is 6.54 Å². The van der Waals surface area contributed by atoms with Crippen molar-refractivity contribution in [1.29, 1.82) is 0 Å². The predicted molar refractivity (Wildman–Crippen MR) is 123 cm³/mol. The van der Waals surface area contributed by atoms with Gasteiger partial charge in [0.2, 0.25) is 0 Å². The van der Waals surface area contributed by atoms with Gasteiger partial charge in [-0.3, -0.25) is 9.78 Å². The first-order valence-electron chi connectivity index (χ1n) is 9.74. The summed E-state index contributed by atoms with van der Waals surface area (Å²) in [5.74, 6) is -0.0425. The quantitative estimate of drug-likeness (QED) is 0.382. The van der Waals surface area contributed by atoms with Gasteiger partial charge in [0.25, 0.3) is 5.91 Å². The molecular weight excluding hydrogens is 458 g/mol. The Morgan fingerprint density at radius 3 is 2.77 bits per heavy atom. The number of amides is 1. The molecule has 0 unspecified atom stereocenters. The van der Waals surface area contributed by atoms with E-state index in [1.165, 1.54) is 0 Å². The number of aromatic hydroxyl groups is 1. The Morgan fingerprint density at radius 2 is 2.00 bits per heavy atom. The van der Waals surface area contributed by atoms with Crippen LogP contribution in [0.3, 0.4) is 0 Å². The average molecular weight is 478 g/mol. The molecule has 31 heavy (non-hydrogen) atoms. The zero-order valence-electron chi connectivity index (χ0n) is 16.6. The van der Waals surface area contributed by atoms with Crippen LogP contribution in [0.1, 0.15) is 29.0 Å². The molecule has 0 atom stereocenters. The zero-order chi connectivity index (χ0) is 21.8. The molecule has 2 N–H and O–H groups in total. The standard InChI is InChI=1S/C23H20BrN5O2/c1-15(7-6-12-26-23(31)18-9-4-5-11-25-18)20-13-19(16-8-2-3-10-21(16)30)28-22-17(24)14-27-29(20)22/h2-5,8-11,13-14,30H,1,6-7,12H2,(H,26,31). The van der Waals surface area contributed by atoms with Crippen molar-refractivity contribution >= 4 is 33.1 Å². The number of fused-ring (bicyclic) bond motifs is 1. The monoisotopic (exact) mass is 477 g/mol. The lowest BCUT2D eigenvalue weighted by Gasteiger charge is -2.12. The number of hydrogen-bond donors (Lipinski definition) is 2. The Balaban J connectivity index is 1.51. The van der Waals surface area contributed by atoms with E-state index >= 15 is 0 Å². The first kappa shape index (κ1) is 20.7. The van der Waals surface area contributed by atoms with Gasteiger partial charge < -0.3 is 10.4 Å². The first-order chi connectivity index (χ1) is 15.0. The van der Waals surface area contributed by atoms with E-state index in [1.807, 2.05) is 18.2 Å². The number of para-hydroxylation sites is 1. The molecule has 4 aromatic rings. The molecular formula is C23H20BrN5O2. The topological polar surface area (TPSA) is 92.4 Å². The van der Waals surface area contributed by atoms with Gasteiger partial charge in [-0.2, -0.15) is 5.10 Å². The highest BCUT2D eigenvalue weighted by molar-refractivity contribution is 9.10. The molecule has 0 aliphatic rings. The molecule has 1 amide bonds. The number of nitrogens with one attached hydrogen (secondary N) is 1. The largest absolute Gasteiger partial charge is 0.507 e. The number of halogens is 1. The normalized spacial score (nSPS) is 10.9. The minimum Gasteiger partial charge on any atom is -0.507 e. The third-order valence-electron chi connectivity index (χ3n) is 4.81. The summed E-state index contributed by atoms with van der Waals surface area (Å²) >= 11 is 3.49. The molecule has 0 radical (unpaired) electrons. The van der Waals surface area contributed by atoms with Crippen LogP contribution >= 0.6 is 15.9 Å². The maximum atomic E-state index is 12.1. The molecule has 3 heterocycles. The number of hydrogen-bond acceptors (Lipinski definition) is 5. The Labute approximate surface area is 187 Å². The van der Waals surface area contributed by atoms with Gasteiger partial charge in [0, 0.05) is 18.3 Å². The smallest absolute Gasteiger partial charge is 0.269 e. The number of carbonyl (C=O) groups excluding carboxylic acids is 1. The van der Waals surface area contributed by atoms with Crippen LogP contribution < -0.4 is 5.32 Å². The Kier molecular flexibility index (Phi) is 6.08. The van der Waals surface area contributed by atoms with E-state index in [2.05, 4.69) is 42.9 Å². The van der Waals surface area contributed by atoms with Gasteiger partial charge in [0.05, 0.1) is 22.1 Å². The molecule has 0 fully saturated rings. The second-order valence-electron chi connectivity index (χ2n) is 6.95. The fourth-order valence-electron chi connectivity index (χ4n) is 3.24. The molecule has 0 aliphatic carbocycles. The summed E-state index contributed by atoms with van der Waals surface area (Å²) in [7, 11) is 0. The number of phenolic OH excluding ortho intramolecular Hbond substituents is 1. The molecule has 1 aromatic carbocycles. The van der Waals surface area contributed by atoms with Crippen molar-refractivity contribution in [3.05, 3.63) is 83.4 Å². The van der Waals surface area contributed by atoms with Crippen LogP contribution in [0.5, 0.6) is 5.75 Å². The highest BCUT2D eigenvalue weighted by Crippen LogP contribution is 2.31. The van der Waals surface area contributed by atoms with Crippen molar-refractivity contribution in [2.24, 2.45) is 0 Å². The van der Waals surface area contributed by atoms with Gasteiger partial charge in [0.15, 0.2) is 5.65 Å². The second-order valence-corrected chi connectivity index (χ2v) is 7.80. The molecule has 3 aromatic heterocycles. The van der Waals surface area contributed by atoms with Crippen LogP contribution in [-0.2, 0) is 0 Å². The Hall–Kier alpha value is -3.52. The minimum absolute atomic E-state index is 0.156. The SMILES string of the molecule is C=C(CCCNC(=O)c1ccccn1)c1cc(-c2ccccc2O)nc2c(Br)cnn12. The van der Waals surface area contributed by atoms with Crippen LogP contribution in [0.4, 0.5) is 0 Å². The van der Waals surface area contributed by atoms with Gasteiger partial charge in [-0.1, -0.05) is 24.8 Å². The van der Waals surface area contributed by atoms with E-state index in [-0.39, 0.29) is 11.7 Å². The van der Waals surface area contributed by atoms with Crippen LogP contribution in [0, 0.1) is 0 Å². The summed E-state index contributed by atoms with van der Waals surface area (Å²) in [4.78, 5) is 20.8. The van der Waals surface area contributed by atoms with Gasteiger partial charge in [0.1, 0.15) is 11.4 Å². The van der Waals surface area contributed by atoms with Gasteiger partial charge in [-0.05, 0) is 64.7 Å². The number of allylic oxidation sites excluding steroid dienone is 1. The van der Waals surface area contributed by atoms with Crippen molar-refractivity contribution in [1.82, 2.24) is 24.9 Å². The fraction of sp³-hybridized carbons (Fsp3) is 0.130. The lowest BCUT2D eigenvalue weighted by Crippen LogP contribution is -2.25. The highest BCUT2D eigenvalue weighted by Gasteiger charge is 2.15. The summed E-state index contributed by atoms with van der Waals surface area (Å²) in [6.45, 7) is 4.72. The van der Waals surface area contributed by atoms with Crippen molar-refractivity contribution in [2.45, 2.75) is 12.8 Å².